The minimum atomic E-state index is -0.00275. The van der Waals surface area contributed by atoms with Crippen LogP contribution in [0.2, 0.25) is 0 Å². The molecule has 0 saturated heterocycles. The fourth-order valence-electron chi connectivity index (χ4n) is 4.78. The molecule has 0 spiro atoms. The fourth-order valence-corrected chi connectivity index (χ4v) is 6.94. The van der Waals surface area contributed by atoms with Crippen molar-refractivity contribution in [2.75, 3.05) is 12.9 Å². The maximum atomic E-state index is 13.2. The number of aryl methyl sites for hydroxylation is 3. The van der Waals surface area contributed by atoms with Crippen LogP contribution in [-0.4, -0.2) is 32.8 Å². The van der Waals surface area contributed by atoms with Crippen molar-refractivity contribution in [3.8, 4) is 11.4 Å². The molecule has 0 amide bonds. The normalized spacial score (nSPS) is 13.3. The van der Waals surface area contributed by atoms with Crippen LogP contribution >= 0.6 is 23.1 Å². The molecular weight excluding hydrogens is 466 g/mol. The summed E-state index contributed by atoms with van der Waals surface area (Å²) >= 11 is 2.97. The number of ether oxygens (including phenoxy) is 1. The van der Waals surface area contributed by atoms with Gasteiger partial charge >= 0.3 is 0 Å². The highest BCUT2D eigenvalue weighted by molar-refractivity contribution is 7.99. The van der Waals surface area contributed by atoms with Gasteiger partial charge in [-0.3, -0.25) is 14.2 Å². The Morgan fingerprint density at radius 2 is 1.91 bits per heavy atom. The average Bonchev–Trinajstić information content (AvgIpc) is 3.36. The number of nitrogens with zero attached hydrogens (tertiary/aromatic N) is 3. The predicted octanol–water partition coefficient (Wildman–Crippen LogP) is 5.26. The van der Waals surface area contributed by atoms with Crippen LogP contribution < -0.4 is 10.3 Å². The second-order valence-electron chi connectivity index (χ2n) is 8.68. The molecule has 5 rings (SSSR count). The van der Waals surface area contributed by atoms with Crippen molar-refractivity contribution < 1.29 is 9.53 Å². The van der Waals surface area contributed by atoms with E-state index >= 15 is 0 Å². The van der Waals surface area contributed by atoms with E-state index in [2.05, 4.69) is 4.57 Å². The molecule has 4 aromatic rings. The van der Waals surface area contributed by atoms with E-state index in [1.807, 2.05) is 44.2 Å². The van der Waals surface area contributed by atoms with Crippen LogP contribution in [0.25, 0.3) is 15.9 Å². The minimum absolute atomic E-state index is 0.00275. The first kappa shape index (κ1) is 22.9. The van der Waals surface area contributed by atoms with Gasteiger partial charge in [-0.25, -0.2) is 4.98 Å². The number of carbonyl (C=O) groups is 1. The van der Waals surface area contributed by atoms with E-state index in [0.717, 1.165) is 52.3 Å². The molecule has 0 radical (unpaired) electrons. The Balaban J connectivity index is 1.40. The Bertz CT molecular complexity index is 1460. The van der Waals surface area contributed by atoms with Crippen molar-refractivity contribution in [3.63, 3.8) is 0 Å². The van der Waals surface area contributed by atoms with E-state index in [1.165, 1.54) is 28.6 Å². The first-order valence-corrected chi connectivity index (χ1v) is 13.2. The highest BCUT2D eigenvalue weighted by atomic mass is 32.2. The third-order valence-corrected chi connectivity index (χ3v) is 8.77. The number of methoxy groups -OCH3 is 1. The number of thiophene rings is 1. The summed E-state index contributed by atoms with van der Waals surface area (Å²) in [6.07, 6.45) is 4.29. The lowest BCUT2D eigenvalue weighted by molar-refractivity contribution is 0.102. The van der Waals surface area contributed by atoms with Crippen molar-refractivity contribution in [1.82, 2.24) is 14.1 Å². The summed E-state index contributed by atoms with van der Waals surface area (Å²) in [4.78, 5) is 33.2. The summed E-state index contributed by atoms with van der Waals surface area (Å²) in [7, 11) is 3.40. The third kappa shape index (κ3) is 3.88. The lowest BCUT2D eigenvalue weighted by Gasteiger charge is -2.11. The summed E-state index contributed by atoms with van der Waals surface area (Å²) in [5.41, 5.74) is 4.76. The standard InChI is InChI=1S/C26H27N3O3S2/c1-15-13-20(16(2)29(15)17-9-11-18(32-4)12-10-17)21(30)14-33-26-27-24-23(25(31)28(26)3)19-7-5-6-8-22(19)34-24/h9-13H,5-8,14H2,1-4H3. The first-order valence-electron chi connectivity index (χ1n) is 11.4. The number of Topliss-reactive ketones (excluding diaryl/α,β-unsaturated/α-hetero) is 1. The molecule has 6 nitrogen and oxygen atoms in total. The van der Waals surface area contributed by atoms with Gasteiger partial charge in [-0.2, -0.15) is 0 Å². The summed E-state index contributed by atoms with van der Waals surface area (Å²) in [6.45, 7) is 3.96. The first-order chi connectivity index (χ1) is 16.4. The second kappa shape index (κ2) is 9.07. The fraction of sp³-hybridized carbons (Fsp3) is 0.346. The number of rotatable bonds is 6. The van der Waals surface area contributed by atoms with E-state index in [1.54, 1.807) is 30.1 Å². The van der Waals surface area contributed by atoms with Crippen molar-refractivity contribution in [2.24, 2.45) is 7.05 Å². The van der Waals surface area contributed by atoms with Crippen molar-refractivity contribution in [3.05, 3.63) is 68.1 Å². The molecule has 0 bridgehead atoms. The minimum Gasteiger partial charge on any atom is -0.497 e. The van der Waals surface area contributed by atoms with Gasteiger partial charge in [0.05, 0.1) is 18.2 Å². The number of hydrogen-bond acceptors (Lipinski definition) is 6. The molecule has 0 saturated carbocycles. The van der Waals surface area contributed by atoms with Gasteiger partial charge in [0.25, 0.3) is 5.56 Å². The largest absolute Gasteiger partial charge is 0.497 e. The topological polar surface area (TPSA) is 66.1 Å². The molecule has 0 atom stereocenters. The van der Waals surface area contributed by atoms with Gasteiger partial charge in [-0.05, 0) is 75.4 Å². The van der Waals surface area contributed by atoms with Gasteiger partial charge < -0.3 is 9.30 Å². The number of hydrogen-bond donors (Lipinski definition) is 0. The lowest BCUT2D eigenvalue weighted by Crippen LogP contribution is -2.21. The molecule has 3 aromatic heterocycles. The Morgan fingerprint density at radius 3 is 2.65 bits per heavy atom. The zero-order valence-corrected chi connectivity index (χ0v) is 21.4. The van der Waals surface area contributed by atoms with Crippen LogP contribution in [-0.2, 0) is 19.9 Å². The monoisotopic (exact) mass is 493 g/mol. The number of thioether (sulfide) groups is 1. The number of aromatic nitrogens is 3. The van der Waals surface area contributed by atoms with Crippen LogP contribution in [0.1, 0.15) is 45.0 Å². The summed E-state index contributed by atoms with van der Waals surface area (Å²) in [5.74, 6) is 1.04. The molecule has 0 N–H and O–H groups in total. The third-order valence-electron chi connectivity index (χ3n) is 6.55. The Labute approximate surface area is 206 Å². The SMILES string of the molecule is COc1ccc(-n2c(C)cc(C(=O)CSc3nc4sc5c(c4c(=O)n3C)CCCC5)c2C)cc1. The molecule has 176 valence electrons. The summed E-state index contributed by atoms with van der Waals surface area (Å²) in [6, 6.07) is 9.73. The van der Waals surface area contributed by atoms with Gasteiger partial charge in [-0.1, -0.05) is 11.8 Å². The summed E-state index contributed by atoms with van der Waals surface area (Å²) < 4.78 is 8.93. The average molecular weight is 494 g/mol. The lowest BCUT2D eigenvalue weighted by atomic mass is 9.97. The van der Waals surface area contributed by atoms with Crippen LogP contribution in [0.3, 0.4) is 0 Å². The Morgan fingerprint density at radius 1 is 1.18 bits per heavy atom. The van der Waals surface area contributed by atoms with E-state index in [0.29, 0.717) is 10.7 Å². The second-order valence-corrected chi connectivity index (χ2v) is 10.7. The van der Waals surface area contributed by atoms with Gasteiger partial charge in [0, 0.05) is 34.6 Å². The zero-order chi connectivity index (χ0) is 24.0. The van der Waals surface area contributed by atoms with Gasteiger partial charge in [-0.15, -0.1) is 11.3 Å². The van der Waals surface area contributed by atoms with Crippen LogP contribution in [0.15, 0.2) is 40.3 Å². The molecule has 3 heterocycles. The molecule has 1 aliphatic carbocycles. The number of fused-ring (bicyclic) bond motifs is 3. The molecule has 0 aliphatic heterocycles. The maximum absolute atomic E-state index is 13.2. The highest BCUT2D eigenvalue weighted by Gasteiger charge is 2.22. The van der Waals surface area contributed by atoms with Gasteiger partial charge in [0.2, 0.25) is 0 Å². The van der Waals surface area contributed by atoms with E-state index in [9.17, 15) is 9.59 Å². The van der Waals surface area contributed by atoms with Crippen molar-refractivity contribution >= 4 is 39.1 Å². The van der Waals surface area contributed by atoms with Crippen LogP contribution in [0, 0.1) is 13.8 Å². The summed E-state index contributed by atoms with van der Waals surface area (Å²) in [5, 5.41) is 1.37. The molecule has 1 aliphatic rings. The van der Waals surface area contributed by atoms with Crippen molar-refractivity contribution in [1.29, 1.82) is 0 Å². The number of ketones is 1. The molecule has 34 heavy (non-hydrogen) atoms. The molecule has 8 heteroatoms. The maximum Gasteiger partial charge on any atom is 0.262 e. The molecule has 0 unspecified atom stereocenters. The van der Waals surface area contributed by atoms with Gasteiger partial charge in [0.15, 0.2) is 10.9 Å². The van der Waals surface area contributed by atoms with E-state index in [-0.39, 0.29) is 17.1 Å². The Kier molecular flexibility index (Phi) is 6.12. The molecular formula is C26H27N3O3S2. The number of carbonyl (C=O) groups excluding carboxylic acids is 1. The van der Waals surface area contributed by atoms with E-state index in [4.69, 9.17) is 9.72 Å². The molecule has 1 aromatic carbocycles. The number of benzene rings is 1. The Hall–Kier alpha value is -2.84. The highest BCUT2D eigenvalue weighted by Crippen LogP contribution is 2.34. The van der Waals surface area contributed by atoms with Gasteiger partial charge in [0.1, 0.15) is 10.6 Å². The molecule has 0 fully saturated rings. The quantitative estimate of drug-likeness (QED) is 0.208. The predicted molar refractivity (Wildman–Crippen MR) is 138 cm³/mol. The van der Waals surface area contributed by atoms with Crippen molar-refractivity contribution in [2.45, 2.75) is 44.7 Å². The van der Waals surface area contributed by atoms with Crippen LogP contribution in [0.5, 0.6) is 5.75 Å². The smallest absolute Gasteiger partial charge is 0.262 e. The zero-order valence-electron chi connectivity index (χ0n) is 19.8. The van der Waals surface area contributed by atoms with Crippen LogP contribution in [0.4, 0.5) is 0 Å². The van der Waals surface area contributed by atoms with E-state index < -0.39 is 0 Å².